The van der Waals surface area contributed by atoms with Gasteiger partial charge >= 0.3 is 0 Å². The molecule has 2 aromatic carbocycles. The Morgan fingerprint density at radius 3 is 2.88 bits per heavy atom. The van der Waals surface area contributed by atoms with Gasteiger partial charge in [0.25, 0.3) is 5.91 Å². The molecule has 0 bridgehead atoms. The lowest BCUT2D eigenvalue weighted by Crippen LogP contribution is -2.12. The molecule has 1 aliphatic rings. The number of hydrogen-bond donors (Lipinski definition) is 1. The number of nitrogens with one attached hydrogen (secondary N) is 1. The Hall–Kier alpha value is -3.06. The fourth-order valence-electron chi connectivity index (χ4n) is 2.65. The summed E-state index contributed by atoms with van der Waals surface area (Å²) in [7, 11) is 1.59. The van der Waals surface area contributed by atoms with Crippen LogP contribution in [0, 0.1) is 6.92 Å². The third kappa shape index (κ3) is 3.09. The van der Waals surface area contributed by atoms with Crippen LogP contribution in [0.4, 0.5) is 5.13 Å². The van der Waals surface area contributed by atoms with Gasteiger partial charge in [0.2, 0.25) is 6.79 Å². The van der Waals surface area contributed by atoms with Crippen LogP contribution in [0.3, 0.4) is 0 Å². The summed E-state index contributed by atoms with van der Waals surface area (Å²) in [4.78, 5) is 16.9. The molecule has 1 aliphatic heterocycles. The standard InChI is InChI=1S/C19H16N2O4S/c1-11-3-4-13(8-16(11)23-2)18(22)21-19-20-14(9-26-19)12-5-6-15-17(7-12)25-10-24-15/h3-9H,10H2,1-2H3,(H,20,21,22). The number of rotatable bonds is 4. The first-order valence-electron chi connectivity index (χ1n) is 7.95. The van der Waals surface area contributed by atoms with E-state index in [-0.39, 0.29) is 12.7 Å². The lowest BCUT2D eigenvalue weighted by molar-refractivity contribution is 0.102. The molecule has 132 valence electrons. The van der Waals surface area contributed by atoms with E-state index < -0.39 is 0 Å². The number of aromatic nitrogens is 1. The minimum Gasteiger partial charge on any atom is -0.496 e. The van der Waals surface area contributed by atoms with Crippen LogP contribution in [0.5, 0.6) is 17.2 Å². The van der Waals surface area contributed by atoms with Gasteiger partial charge in [-0.05, 0) is 42.8 Å². The number of methoxy groups -OCH3 is 1. The quantitative estimate of drug-likeness (QED) is 0.750. The van der Waals surface area contributed by atoms with Gasteiger partial charge in [0.05, 0.1) is 12.8 Å². The zero-order chi connectivity index (χ0) is 18.1. The highest BCUT2D eigenvalue weighted by Gasteiger charge is 2.16. The molecule has 0 atom stereocenters. The summed E-state index contributed by atoms with van der Waals surface area (Å²) in [6, 6.07) is 11.0. The number of fused-ring (bicyclic) bond motifs is 1. The minimum absolute atomic E-state index is 0.227. The van der Waals surface area contributed by atoms with Gasteiger partial charge in [0, 0.05) is 16.5 Å². The van der Waals surface area contributed by atoms with Crippen molar-refractivity contribution in [2.75, 3.05) is 19.2 Å². The number of amides is 1. The second-order valence-corrected chi connectivity index (χ2v) is 6.60. The summed E-state index contributed by atoms with van der Waals surface area (Å²) in [5, 5.41) is 5.25. The number of anilines is 1. The molecule has 1 N–H and O–H groups in total. The summed E-state index contributed by atoms with van der Waals surface area (Å²) in [6.07, 6.45) is 0. The van der Waals surface area contributed by atoms with Crippen molar-refractivity contribution < 1.29 is 19.0 Å². The second kappa shape index (κ2) is 6.68. The molecule has 6 nitrogen and oxygen atoms in total. The van der Waals surface area contributed by atoms with Gasteiger partial charge < -0.3 is 14.2 Å². The highest BCUT2D eigenvalue weighted by atomic mass is 32.1. The number of carbonyl (C=O) groups excluding carboxylic acids is 1. The lowest BCUT2D eigenvalue weighted by atomic mass is 10.1. The lowest BCUT2D eigenvalue weighted by Gasteiger charge is -2.07. The van der Waals surface area contributed by atoms with E-state index in [1.54, 1.807) is 19.2 Å². The maximum atomic E-state index is 12.5. The molecule has 4 rings (SSSR count). The van der Waals surface area contributed by atoms with Crippen LogP contribution in [0.1, 0.15) is 15.9 Å². The number of hydrogen-bond acceptors (Lipinski definition) is 6. The second-order valence-electron chi connectivity index (χ2n) is 5.74. The van der Waals surface area contributed by atoms with Gasteiger partial charge in [-0.1, -0.05) is 6.07 Å². The van der Waals surface area contributed by atoms with Crippen LogP contribution < -0.4 is 19.5 Å². The molecule has 1 amide bonds. The van der Waals surface area contributed by atoms with Gasteiger partial charge in [-0.15, -0.1) is 11.3 Å². The summed E-state index contributed by atoms with van der Waals surface area (Å²) < 4.78 is 16.0. The molecule has 0 saturated carbocycles. The minimum atomic E-state index is -0.227. The number of aryl methyl sites for hydroxylation is 1. The Kier molecular flexibility index (Phi) is 4.22. The fourth-order valence-corrected chi connectivity index (χ4v) is 3.36. The van der Waals surface area contributed by atoms with E-state index in [1.807, 2.05) is 36.6 Å². The molecule has 1 aromatic heterocycles. The van der Waals surface area contributed by atoms with Crippen molar-refractivity contribution in [2.24, 2.45) is 0 Å². The smallest absolute Gasteiger partial charge is 0.257 e. The highest BCUT2D eigenvalue weighted by molar-refractivity contribution is 7.14. The predicted octanol–water partition coefficient (Wildman–Crippen LogP) is 4.11. The number of carbonyl (C=O) groups is 1. The SMILES string of the molecule is COc1cc(C(=O)Nc2nc(-c3ccc4c(c3)OCO4)cs2)ccc1C. The maximum absolute atomic E-state index is 12.5. The molecule has 0 fully saturated rings. The topological polar surface area (TPSA) is 69.7 Å². The van der Waals surface area contributed by atoms with Crippen LogP contribution in [0.2, 0.25) is 0 Å². The summed E-state index contributed by atoms with van der Waals surface area (Å²) in [6.45, 7) is 2.16. The molecule has 7 heteroatoms. The maximum Gasteiger partial charge on any atom is 0.257 e. The van der Waals surface area contributed by atoms with Crippen molar-refractivity contribution in [3.8, 4) is 28.5 Å². The Morgan fingerprint density at radius 2 is 2.04 bits per heavy atom. The number of ether oxygens (including phenoxy) is 3. The van der Waals surface area contributed by atoms with Crippen molar-refractivity contribution >= 4 is 22.4 Å². The van der Waals surface area contributed by atoms with E-state index >= 15 is 0 Å². The van der Waals surface area contributed by atoms with Crippen LogP contribution >= 0.6 is 11.3 Å². The normalized spacial score (nSPS) is 12.1. The van der Waals surface area contributed by atoms with Gasteiger partial charge in [0.1, 0.15) is 5.75 Å². The van der Waals surface area contributed by atoms with Crippen LogP contribution in [0.25, 0.3) is 11.3 Å². The molecule has 0 unspecified atom stereocenters. The van der Waals surface area contributed by atoms with Gasteiger partial charge in [-0.3, -0.25) is 10.1 Å². The highest BCUT2D eigenvalue weighted by Crippen LogP contribution is 2.36. The van der Waals surface area contributed by atoms with E-state index in [0.29, 0.717) is 22.2 Å². The Morgan fingerprint density at radius 1 is 1.19 bits per heavy atom. The van der Waals surface area contributed by atoms with E-state index in [9.17, 15) is 4.79 Å². The van der Waals surface area contributed by atoms with Crippen molar-refractivity contribution in [1.82, 2.24) is 4.98 Å². The van der Waals surface area contributed by atoms with E-state index in [1.165, 1.54) is 11.3 Å². The van der Waals surface area contributed by atoms with Gasteiger partial charge in [-0.25, -0.2) is 4.98 Å². The summed E-state index contributed by atoms with van der Waals surface area (Å²) in [5.74, 6) is 1.88. The van der Waals surface area contributed by atoms with Crippen molar-refractivity contribution in [3.05, 3.63) is 52.9 Å². The molecule has 0 radical (unpaired) electrons. The number of nitrogens with zero attached hydrogens (tertiary/aromatic N) is 1. The van der Waals surface area contributed by atoms with Crippen LogP contribution in [-0.4, -0.2) is 24.8 Å². The zero-order valence-corrected chi connectivity index (χ0v) is 15.1. The number of thiazole rings is 1. The Balaban J connectivity index is 1.52. The average Bonchev–Trinajstić information content (AvgIpc) is 3.30. The van der Waals surface area contributed by atoms with Crippen LogP contribution in [0.15, 0.2) is 41.8 Å². The Bertz CT molecular complexity index is 983. The molecular weight excluding hydrogens is 352 g/mol. The summed E-state index contributed by atoms with van der Waals surface area (Å²) in [5.41, 5.74) is 3.17. The van der Waals surface area contributed by atoms with Crippen molar-refractivity contribution in [1.29, 1.82) is 0 Å². The molecular formula is C19H16N2O4S. The predicted molar refractivity (Wildman–Crippen MR) is 99.4 cm³/mol. The molecule has 3 aromatic rings. The summed E-state index contributed by atoms with van der Waals surface area (Å²) >= 11 is 1.37. The average molecular weight is 368 g/mol. The molecule has 26 heavy (non-hydrogen) atoms. The monoisotopic (exact) mass is 368 g/mol. The first-order chi connectivity index (χ1) is 12.6. The molecule has 0 saturated heterocycles. The first-order valence-corrected chi connectivity index (χ1v) is 8.83. The van der Waals surface area contributed by atoms with Crippen LogP contribution in [-0.2, 0) is 0 Å². The third-order valence-corrected chi connectivity index (χ3v) is 4.82. The van der Waals surface area contributed by atoms with Gasteiger partial charge in [-0.2, -0.15) is 0 Å². The van der Waals surface area contributed by atoms with E-state index in [4.69, 9.17) is 14.2 Å². The largest absolute Gasteiger partial charge is 0.496 e. The molecule has 0 aliphatic carbocycles. The Labute approximate surface area is 154 Å². The van der Waals surface area contributed by atoms with Crippen molar-refractivity contribution in [2.45, 2.75) is 6.92 Å². The van der Waals surface area contributed by atoms with Crippen molar-refractivity contribution in [3.63, 3.8) is 0 Å². The fraction of sp³-hybridized carbons (Fsp3) is 0.158. The first kappa shape index (κ1) is 16.4. The van der Waals surface area contributed by atoms with E-state index in [2.05, 4.69) is 10.3 Å². The molecule has 2 heterocycles. The van der Waals surface area contributed by atoms with Gasteiger partial charge in [0.15, 0.2) is 16.6 Å². The zero-order valence-electron chi connectivity index (χ0n) is 14.2. The molecule has 0 spiro atoms. The van der Waals surface area contributed by atoms with E-state index in [0.717, 1.165) is 22.6 Å². The number of benzene rings is 2. The third-order valence-electron chi connectivity index (χ3n) is 4.06.